The molecule has 16 heavy (non-hydrogen) atoms. The normalized spacial score (nSPS) is 28.4. The number of nitrogens with zero attached hydrogens (tertiary/aromatic N) is 1. The van der Waals surface area contributed by atoms with Gasteiger partial charge in [0.25, 0.3) is 0 Å². The predicted octanol–water partition coefficient (Wildman–Crippen LogP) is 1.60. The maximum absolute atomic E-state index is 11.6. The minimum absolute atomic E-state index is 0.104. The molecular weight excluding hydrogens is 280 g/mol. The number of carbonyl (C=O) groups excluding carboxylic acids is 1. The van der Waals surface area contributed by atoms with Crippen molar-refractivity contribution in [2.24, 2.45) is 5.92 Å². The molecule has 6 atom stereocenters. The summed E-state index contributed by atoms with van der Waals surface area (Å²) in [6, 6.07) is 0.552. The third-order valence-corrected chi connectivity index (χ3v) is 5.02. The lowest BCUT2D eigenvalue weighted by atomic mass is 9.97. The summed E-state index contributed by atoms with van der Waals surface area (Å²) in [5.41, 5.74) is 0. The Morgan fingerprint density at radius 2 is 2.25 bits per heavy atom. The van der Waals surface area contributed by atoms with Crippen LogP contribution in [0.3, 0.4) is 0 Å². The second-order valence-electron chi connectivity index (χ2n) is 3.97. The van der Waals surface area contributed by atoms with E-state index in [0.717, 1.165) is 13.0 Å². The third kappa shape index (κ3) is 3.81. The summed E-state index contributed by atoms with van der Waals surface area (Å²) in [5.74, 6) is -0.240. The number of carbonyl (C=O) groups is 1. The fourth-order valence-electron chi connectivity index (χ4n) is 2.13. The van der Waals surface area contributed by atoms with Crippen LogP contribution in [0.25, 0.3) is 0 Å². The molecule has 8 heteroatoms. The van der Waals surface area contributed by atoms with Crippen LogP contribution in [0.5, 0.6) is 0 Å². The maximum Gasteiger partial charge on any atom is 0.310 e. The van der Waals surface area contributed by atoms with E-state index in [0.29, 0.717) is 6.04 Å². The number of hydrogen-bond donors (Lipinski definition) is 1. The van der Waals surface area contributed by atoms with Crippen molar-refractivity contribution in [3.05, 3.63) is 0 Å². The average Bonchev–Trinajstić information content (AvgIpc) is 2.56. The molecule has 1 N–H and O–H groups in total. The van der Waals surface area contributed by atoms with E-state index in [1.807, 2.05) is 6.92 Å². The van der Waals surface area contributed by atoms with E-state index in [9.17, 15) is 4.79 Å². The van der Waals surface area contributed by atoms with E-state index in [1.54, 1.807) is 0 Å². The van der Waals surface area contributed by atoms with E-state index in [4.69, 9.17) is 4.74 Å². The SMILES string of the molecule is COC(=O)[C@@H](C)C1C(NP(P)P)CCN1P. The van der Waals surface area contributed by atoms with Gasteiger partial charge in [0.05, 0.1) is 13.0 Å². The number of rotatable bonds is 4. The molecule has 1 aliphatic heterocycles. The number of esters is 1. The van der Waals surface area contributed by atoms with Gasteiger partial charge in [0.1, 0.15) is 0 Å². The van der Waals surface area contributed by atoms with Gasteiger partial charge in [-0.25, -0.2) is 0 Å². The molecule has 0 aliphatic carbocycles. The molecule has 0 saturated carbocycles. The largest absolute Gasteiger partial charge is 0.469 e. The molecule has 1 aliphatic rings. The second-order valence-corrected chi connectivity index (χ2v) is 10.8. The highest BCUT2D eigenvalue weighted by Crippen LogP contribution is 2.50. The first-order chi connectivity index (χ1) is 7.47. The summed E-state index contributed by atoms with van der Waals surface area (Å²) in [4.78, 5) is 11.6. The molecule has 0 aromatic carbocycles. The van der Waals surface area contributed by atoms with E-state index in [-0.39, 0.29) is 25.4 Å². The highest BCUT2D eigenvalue weighted by Gasteiger charge is 2.39. The van der Waals surface area contributed by atoms with E-state index in [2.05, 4.69) is 37.0 Å². The number of methoxy groups -OCH3 is 1. The smallest absolute Gasteiger partial charge is 0.310 e. The third-order valence-electron chi connectivity index (χ3n) is 2.89. The Hall–Kier alpha value is 1.11. The minimum atomic E-state index is -0.310. The second kappa shape index (κ2) is 6.89. The topological polar surface area (TPSA) is 41.6 Å². The highest BCUT2D eigenvalue weighted by molar-refractivity contribution is 8.42. The molecule has 94 valence electrons. The Morgan fingerprint density at radius 3 is 2.75 bits per heavy atom. The van der Waals surface area contributed by atoms with Crippen molar-refractivity contribution in [2.45, 2.75) is 25.4 Å². The summed E-state index contributed by atoms with van der Waals surface area (Å²) in [6.45, 7) is 2.92. The van der Waals surface area contributed by atoms with Crippen LogP contribution in [0.4, 0.5) is 0 Å². The molecule has 1 heterocycles. The summed E-state index contributed by atoms with van der Waals surface area (Å²) in [5, 5.41) is 3.51. The van der Waals surface area contributed by atoms with Crippen molar-refractivity contribution in [3.63, 3.8) is 0 Å². The summed E-state index contributed by atoms with van der Waals surface area (Å²) in [6.07, 6.45) is 1.07. The Morgan fingerprint density at radius 1 is 1.62 bits per heavy atom. The van der Waals surface area contributed by atoms with Gasteiger partial charge < -0.3 is 4.74 Å². The van der Waals surface area contributed by atoms with E-state index in [1.165, 1.54) is 7.11 Å². The van der Waals surface area contributed by atoms with Gasteiger partial charge in [-0.1, -0.05) is 34.2 Å². The molecule has 1 rings (SSSR count). The van der Waals surface area contributed by atoms with Crippen molar-refractivity contribution < 1.29 is 9.53 Å². The van der Waals surface area contributed by atoms with Gasteiger partial charge in [0, 0.05) is 18.6 Å². The molecule has 5 unspecified atom stereocenters. The molecule has 1 fully saturated rings. The van der Waals surface area contributed by atoms with Crippen LogP contribution in [-0.4, -0.2) is 36.4 Å². The van der Waals surface area contributed by atoms with Gasteiger partial charge in [0.15, 0.2) is 0 Å². The zero-order valence-electron chi connectivity index (χ0n) is 9.59. The molecule has 0 bridgehead atoms. The Bertz CT molecular complexity index is 254. The van der Waals surface area contributed by atoms with Gasteiger partial charge in [0.2, 0.25) is 0 Å². The molecular formula is C8H20N2O2P4. The predicted molar refractivity (Wildman–Crippen MR) is 79.3 cm³/mol. The zero-order valence-corrected chi connectivity index (χ0v) is 13.9. The fourth-order valence-corrected chi connectivity index (χ4v) is 4.56. The van der Waals surface area contributed by atoms with Crippen molar-refractivity contribution in [3.8, 4) is 0 Å². The number of ether oxygens (including phenoxy) is 1. The van der Waals surface area contributed by atoms with Crippen LogP contribution in [0.2, 0.25) is 0 Å². The van der Waals surface area contributed by atoms with Crippen LogP contribution in [0.15, 0.2) is 0 Å². The van der Waals surface area contributed by atoms with E-state index < -0.39 is 0 Å². The molecule has 0 spiro atoms. The quantitative estimate of drug-likeness (QED) is 0.632. The molecule has 0 amide bonds. The summed E-state index contributed by atoms with van der Waals surface area (Å²) in [7, 11) is 9.36. The molecule has 0 aromatic heterocycles. The summed E-state index contributed by atoms with van der Waals surface area (Å²) >= 11 is 0. The first-order valence-electron chi connectivity index (χ1n) is 5.12. The molecule has 0 radical (unpaired) electrons. The van der Waals surface area contributed by atoms with Crippen LogP contribution >= 0.6 is 34.7 Å². The van der Waals surface area contributed by atoms with Crippen molar-refractivity contribution in [2.75, 3.05) is 13.7 Å². The molecule has 1 saturated heterocycles. The minimum Gasteiger partial charge on any atom is -0.469 e. The van der Waals surface area contributed by atoms with Crippen LogP contribution in [0.1, 0.15) is 13.3 Å². The number of nitrogens with one attached hydrogen (secondary N) is 1. The lowest BCUT2D eigenvalue weighted by Gasteiger charge is -2.30. The highest BCUT2D eigenvalue weighted by atomic mass is 32.4. The van der Waals surface area contributed by atoms with Crippen LogP contribution < -0.4 is 5.09 Å². The van der Waals surface area contributed by atoms with Gasteiger partial charge in [-0.2, -0.15) is 0 Å². The Balaban J connectivity index is 2.69. The zero-order chi connectivity index (χ0) is 12.3. The summed E-state index contributed by atoms with van der Waals surface area (Å²) < 4.78 is 6.98. The van der Waals surface area contributed by atoms with Gasteiger partial charge in [-0.15, -0.1) is 0 Å². The lowest BCUT2D eigenvalue weighted by Crippen LogP contribution is -2.44. The Kier molecular flexibility index (Phi) is 6.53. The average molecular weight is 300 g/mol. The van der Waals surface area contributed by atoms with Crippen LogP contribution in [-0.2, 0) is 9.53 Å². The standard InChI is InChI=1S/C8H20N2O2P4/c1-5(8(11)12-2)7-6(9-16(14)15)3-4-10(7)13/h5-7,9H,3-4,13-15H2,1-2H3/t5-,6?,7?/m0/s1. The van der Waals surface area contributed by atoms with Gasteiger partial charge in [-0.05, 0) is 13.9 Å². The first kappa shape index (κ1) is 15.2. The van der Waals surface area contributed by atoms with Crippen LogP contribution in [0, 0.1) is 5.92 Å². The Labute approximate surface area is 105 Å². The van der Waals surface area contributed by atoms with E-state index >= 15 is 0 Å². The van der Waals surface area contributed by atoms with Gasteiger partial charge >= 0.3 is 5.97 Å². The molecule has 0 aromatic rings. The van der Waals surface area contributed by atoms with Crippen molar-refractivity contribution in [1.29, 1.82) is 0 Å². The lowest BCUT2D eigenvalue weighted by molar-refractivity contribution is -0.146. The fraction of sp³-hybridized carbons (Fsp3) is 0.875. The number of hydrogen-bond acceptors (Lipinski definition) is 4. The van der Waals surface area contributed by atoms with Crippen molar-refractivity contribution >= 4 is 40.7 Å². The maximum atomic E-state index is 11.6. The molecule has 4 nitrogen and oxygen atoms in total. The van der Waals surface area contributed by atoms with Gasteiger partial charge in [-0.3, -0.25) is 14.6 Å². The first-order valence-corrected chi connectivity index (χ1v) is 10.2. The monoisotopic (exact) mass is 300 g/mol. The van der Waals surface area contributed by atoms with Crippen molar-refractivity contribution in [1.82, 2.24) is 9.76 Å².